The van der Waals surface area contributed by atoms with E-state index in [9.17, 15) is 4.79 Å². The molecule has 10 nitrogen and oxygen atoms in total. The van der Waals surface area contributed by atoms with Crippen LogP contribution in [0.5, 0.6) is 11.8 Å². The second kappa shape index (κ2) is 9.88. The molecule has 0 aliphatic carbocycles. The third-order valence-corrected chi connectivity index (χ3v) is 5.73. The molecule has 168 valence electrons. The van der Waals surface area contributed by atoms with E-state index in [0.29, 0.717) is 34.9 Å². The quantitative estimate of drug-likeness (QED) is 0.556. The van der Waals surface area contributed by atoms with Crippen LogP contribution in [0.3, 0.4) is 0 Å². The summed E-state index contributed by atoms with van der Waals surface area (Å²) in [5, 5.41) is 6.68. The van der Waals surface area contributed by atoms with Crippen molar-refractivity contribution >= 4 is 40.0 Å². The van der Waals surface area contributed by atoms with Gasteiger partial charge in [-0.3, -0.25) is 10.1 Å². The molecular weight excluding hydrogens is 428 g/mol. The van der Waals surface area contributed by atoms with E-state index in [0.717, 1.165) is 31.1 Å². The Kier molecular flexibility index (Phi) is 6.76. The summed E-state index contributed by atoms with van der Waals surface area (Å²) >= 11 is 1.52. The Morgan fingerprint density at radius 2 is 1.88 bits per heavy atom. The lowest BCUT2D eigenvalue weighted by Gasteiger charge is -2.32. The van der Waals surface area contributed by atoms with Crippen molar-refractivity contribution in [1.82, 2.24) is 24.8 Å². The molecule has 3 aromatic rings. The fourth-order valence-corrected chi connectivity index (χ4v) is 3.72. The highest BCUT2D eigenvalue weighted by molar-refractivity contribution is 7.15. The summed E-state index contributed by atoms with van der Waals surface area (Å²) in [6, 6.07) is 7.28. The van der Waals surface area contributed by atoms with Crippen molar-refractivity contribution in [3.05, 3.63) is 35.3 Å². The van der Waals surface area contributed by atoms with Crippen molar-refractivity contribution in [3.63, 3.8) is 0 Å². The lowest BCUT2D eigenvalue weighted by atomic mass is 10.3. The molecule has 3 heterocycles. The zero-order chi connectivity index (χ0) is 22.5. The van der Waals surface area contributed by atoms with Crippen LogP contribution < -0.4 is 20.3 Å². The number of thiazole rings is 1. The van der Waals surface area contributed by atoms with E-state index >= 15 is 0 Å². The molecule has 0 spiro atoms. The first-order valence-electron chi connectivity index (χ1n) is 10.5. The standard InChI is InChI=1S/C21H26N8O2S/c1-4-17(30)23-15-5-7-16(8-6-15)31-20-25-18(26-21-22-13-14(2)32-21)24-19(27-20)29-11-9-28(3)10-12-29/h5-8,13H,4,9-12H2,1-3H3,(H,23,30)(H,22,24,25,26,27). The van der Waals surface area contributed by atoms with Gasteiger partial charge in [0.1, 0.15) is 5.75 Å². The largest absolute Gasteiger partial charge is 0.424 e. The van der Waals surface area contributed by atoms with Gasteiger partial charge in [-0.25, -0.2) is 4.98 Å². The fourth-order valence-electron chi connectivity index (χ4n) is 3.06. The first-order valence-corrected chi connectivity index (χ1v) is 11.3. The number of carbonyl (C=O) groups is 1. The van der Waals surface area contributed by atoms with Gasteiger partial charge in [-0.2, -0.15) is 15.0 Å². The molecule has 4 rings (SSSR count). The first kappa shape index (κ1) is 21.9. The van der Waals surface area contributed by atoms with E-state index in [1.54, 1.807) is 30.5 Å². The Balaban J connectivity index is 1.56. The van der Waals surface area contributed by atoms with Crippen LogP contribution in [0.2, 0.25) is 0 Å². The van der Waals surface area contributed by atoms with Gasteiger partial charge in [-0.15, -0.1) is 11.3 Å². The zero-order valence-corrected chi connectivity index (χ0v) is 19.1. The van der Waals surface area contributed by atoms with Crippen molar-refractivity contribution in [2.45, 2.75) is 20.3 Å². The highest BCUT2D eigenvalue weighted by Gasteiger charge is 2.19. The summed E-state index contributed by atoms with van der Waals surface area (Å²) in [5.41, 5.74) is 0.708. The Bertz CT molecular complexity index is 1060. The third-order valence-electron chi connectivity index (χ3n) is 4.90. The van der Waals surface area contributed by atoms with Gasteiger partial charge in [0.2, 0.25) is 17.8 Å². The minimum Gasteiger partial charge on any atom is -0.424 e. The number of hydrogen-bond donors (Lipinski definition) is 2. The molecule has 0 unspecified atom stereocenters. The molecule has 2 aromatic heterocycles. The number of aryl methyl sites for hydroxylation is 1. The number of anilines is 4. The van der Waals surface area contributed by atoms with Crippen molar-refractivity contribution < 1.29 is 9.53 Å². The normalized spacial score (nSPS) is 14.3. The second-order valence-corrected chi connectivity index (χ2v) is 8.70. The van der Waals surface area contributed by atoms with Crippen LogP contribution in [0.4, 0.5) is 22.7 Å². The van der Waals surface area contributed by atoms with Gasteiger partial charge in [0.05, 0.1) is 0 Å². The smallest absolute Gasteiger partial charge is 0.328 e. The average molecular weight is 455 g/mol. The minimum absolute atomic E-state index is 0.0407. The number of nitrogens with zero attached hydrogens (tertiary/aromatic N) is 6. The summed E-state index contributed by atoms with van der Waals surface area (Å²) < 4.78 is 5.93. The predicted octanol–water partition coefficient (Wildman–Crippen LogP) is 3.27. The maximum absolute atomic E-state index is 11.6. The van der Waals surface area contributed by atoms with Gasteiger partial charge in [0.25, 0.3) is 0 Å². The highest BCUT2D eigenvalue weighted by atomic mass is 32.1. The highest BCUT2D eigenvalue weighted by Crippen LogP contribution is 2.26. The summed E-state index contributed by atoms with van der Waals surface area (Å²) in [4.78, 5) is 34.9. The van der Waals surface area contributed by atoms with Crippen molar-refractivity contribution in [1.29, 1.82) is 0 Å². The molecule has 1 aliphatic heterocycles. The predicted molar refractivity (Wildman–Crippen MR) is 125 cm³/mol. The number of benzene rings is 1. The van der Waals surface area contributed by atoms with Gasteiger partial charge in [-0.1, -0.05) is 6.92 Å². The second-order valence-electron chi connectivity index (χ2n) is 7.46. The number of ether oxygens (including phenoxy) is 1. The number of aromatic nitrogens is 4. The maximum Gasteiger partial charge on any atom is 0.328 e. The summed E-state index contributed by atoms with van der Waals surface area (Å²) in [6.07, 6.45) is 2.22. The molecule has 1 saturated heterocycles. The number of piperazine rings is 1. The molecule has 0 bridgehead atoms. The number of nitrogens with one attached hydrogen (secondary N) is 2. The Morgan fingerprint density at radius 3 is 2.53 bits per heavy atom. The third kappa shape index (κ3) is 5.68. The number of hydrogen-bond acceptors (Lipinski definition) is 10. The number of amides is 1. The fraction of sp³-hybridized carbons (Fsp3) is 0.381. The van der Waals surface area contributed by atoms with Crippen LogP contribution in [-0.2, 0) is 4.79 Å². The molecule has 2 N–H and O–H groups in total. The van der Waals surface area contributed by atoms with E-state index in [1.165, 1.54) is 11.3 Å². The monoisotopic (exact) mass is 454 g/mol. The van der Waals surface area contributed by atoms with E-state index in [2.05, 4.69) is 47.4 Å². The van der Waals surface area contributed by atoms with Crippen molar-refractivity contribution in [3.8, 4) is 11.8 Å². The van der Waals surface area contributed by atoms with Gasteiger partial charge in [0.15, 0.2) is 5.13 Å². The van der Waals surface area contributed by atoms with Crippen LogP contribution in [0.15, 0.2) is 30.5 Å². The van der Waals surface area contributed by atoms with Gasteiger partial charge in [-0.05, 0) is 38.2 Å². The Morgan fingerprint density at radius 1 is 1.12 bits per heavy atom. The van der Waals surface area contributed by atoms with Crippen molar-refractivity contribution in [2.24, 2.45) is 0 Å². The van der Waals surface area contributed by atoms with E-state index in [1.807, 2.05) is 13.8 Å². The van der Waals surface area contributed by atoms with Gasteiger partial charge >= 0.3 is 6.01 Å². The first-order chi connectivity index (χ1) is 15.5. The van der Waals surface area contributed by atoms with E-state index in [-0.39, 0.29) is 11.9 Å². The van der Waals surface area contributed by atoms with Crippen LogP contribution in [0, 0.1) is 6.92 Å². The lowest BCUT2D eigenvalue weighted by Crippen LogP contribution is -2.45. The Hall–Kier alpha value is -3.31. The van der Waals surface area contributed by atoms with Crippen LogP contribution in [0.25, 0.3) is 0 Å². The van der Waals surface area contributed by atoms with Crippen molar-refractivity contribution in [2.75, 3.05) is 48.8 Å². The summed E-state index contributed by atoms with van der Waals surface area (Å²) in [5.74, 6) is 1.46. The molecule has 32 heavy (non-hydrogen) atoms. The molecule has 1 amide bonds. The molecule has 1 aromatic carbocycles. The van der Waals surface area contributed by atoms with Gasteiger partial charge < -0.3 is 19.9 Å². The number of likely N-dealkylation sites (N-methyl/N-ethyl adjacent to an activating group) is 1. The molecule has 1 fully saturated rings. The zero-order valence-electron chi connectivity index (χ0n) is 18.3. The number of carbonyl (C=O) groups excluding carboxylic acids is 1. The van der Waals surface area contributed by atoms with Crippen LogP contribution in [0.1, 0.15) is 18.2 Å². The minimum atomic E-state index is -0.0407. The van der Waals surface area contributed by atoms with Crippen LogP contribution >= 0.6 is 11.3 Å². The average Bonchev–Trinajstić information content (AvgIpc) is 3.19. The topological polar surface area (TPSA) is 108 Å². The summed E-state index contributed by atoms with van der Waals surface area (Å²) in [6.45, 7) is 7.31. The van der Waals surface area contributed by atoms with Gasteiger partial charge in [0, 0.05) is 49.4 Å². The maximum atomic E-state index is 11.6. The van der Waals surface area contributed by atoms with E-state index in [4.69, 9.17) is 4.74 Å². The molecular formula is C21H26N8O2S. The molecule has 11 heteroatoms. The van der Waals surface area contributed by atoms with E-state index < -0.39 is 0 Å². The number of rotatable bonds is 7. The van der Waals surface area contributed by atoms with Crippen LogP contribution in [-0.4, -0.2) is 64.0 Å². The Labute approximate surface area is 190 Å². The summed E-state index contributed by atoms with van der Waals surface area (Å²) in [7, 11) is 2.10. The molecule has 1 aliphatic rings. The SMILES string of the molecule is CCC(=O)Nc1ccc(Oc2nc(Nc3ncc(C)s3)nc(N3CCN(C)CC3)n2)cc1. The molecule has 0 saturated carbocycles. The molecule has 0 atom stereocenters. The lowest BCUT2D eigenvalue weighted by molar-refractivity contribution is -0.115. The molecule has 0 radical (unpaired) electrons.